The second-order valence-electron chi connectivity index (χ2n) is 8.01. The highest BCUT2D eigenvalue weighted by Crippen LogP contribution is 2.34. The van der Waals surface area contributed by atoms with Gasteiger partial charge in [0.25, 0.3) is 5.91 Å². The molecule has 7 heteroatoms. The van der Waals surface area contributed by atoms with Gasteiger partial charge in [-0.05, 0) is 56.7 Å². The Hall–Kier alpha value is -2.70. The number of hydrogen-bond donors (Lipinski definition) is 2. The number of amides is 1. The van der Waals surface area contributed by atoms with Gasteiger partial charge in [-0.3, -0.25) is 9.59 Å². The lowest BCUT2D eigenvalue weighted by atomic mass is 9.93. The number of fused-ring (bicyclic) bond motifs is 1. The van der Waals surface area contributed by atoms with Crippen molar-refractivity contribution < 1.29 is 19.1 Å². The number of carbonyl (C=O) groups is 2. The monoisotopic (exact) mass is 385 g/mol. The van der Waals surface area contributed by atoms with Crippen molar-refractivity contribution in [3.63, 3.8) is 0 Å². The summed E-state index contributed by atoms with van der Waals surface area (Å²) in [5.41, 5.74) is 2.45. The van der Waals surface area contributed by atoms with Crippen LogP contribution in [0.3, 0.4) is 0 Å². The molecule has 1 saturated carbocycles. The van der Waals surface area contributed by atoms with Crippen LogP contribution in [0.4, 0.5) is 4.39 Å². The van der Waals surface area contributed by atoms with Crippen molar-refractivity contribution in [3.8, 4) is 5.69 Å². The molecule has 1 aromatic carbocycles. The first kappa shape index (κ1) is 18.7. The summed E-state index contributed by atoms with van der Waals surface area (Å²) in [7, 11) is 0. The molecule has 0 radical (unpaired) electrons. The van der Waals surface area contributed by atoms with Gasteiger partial charge in [0.1, 0.15) is 11.5 Å². The molecule has 6 nitrogen and oxygen atoms in total. The molecule has 2 aromatic rings. The molecular formula is C21H24FN3O3. The molecule has 1 aromatic heterocycles. The maximum Gasteiger partial charge on any atom is 0.305 e. The third-order valence-electron chi connectivity index (χ3n) is 5.91. The summed E-state index contributed by atoms with van der Waals surface area (Å²) in [5.74, 6) is -1.64. The molecule has 2 aliphatic rings. The molecule has 2 N–H and O–H groups in total. The molecule has 0 bridgehead atoms. The standard InChI is InChI=1S/C21H24FN3O3/c1-13-7-8-17(15(22)11-13)25-16-6-4-5-14(16)19(24-25)20(28)23-21(12-18(26)27)9-2-3-10-21/h7-8,11H,2-6,9-10,12H2,1H3,(H,23,28)(H,26,27). The van der Waals surface area contributed by atoms with E-state index in [1.165, 1.54) is 6.07 Å². The average molecular weight is 385 g/mol. The summed E-state index contributed by atoms with van der Waals surface area (Å²) in [5, 5.41) is 16.7. The van der Waals surface area contributed by atoms with Crippen LogP contribution in [-0.2, 0) is 17.6 Å². The number of hydrogen-bond acceptors (Lipinski definition) is 3. The smallest absolute Gasteiger partial charge is 0.305 e. The molecule has 4 rings (SSSR count). The van der Waals surface area contributed by atoms with E-state index >= 15 is 0 Å². The molecule has 1 heterocycles. The van der Waals surface area contributed by atoms with Crippen LogP contribution in [-0.4, -0.2) is 32.3 Å². The Morgan fingerprint density at radius 3 is 2.68 bits per heavy atom. The van der Waals surface area contributed by atoms with Gasteiger partial charge in [-0.2, -0.15) is 5.10 Å². The van der Waals surface area contributed by atoms with E-state index in [4.69, 9.17) is 0 Å². The van der Waals surface area contributed by atoms with Crippen LogP contribution in [0.1, 0.15) is 65.8 Å². The predicted molar refractivity (Wildman–Crippen MR) is 101 cm³/mol. The number of aromatic nitrogens is 2. The zero-order valence-corrected chi connectivity index (χ0v) is 15.9. The molecule has 148 valence electrons. The van der Waals surface area contributed by atoms with Crippen molar-refractivity contribution in [2.24, 2.45) is 0 Å². The summed E-state index contributed by atoms with van der Waals surface area (Å²) in [6, 6.07) is 4.96. The lowest BCUT2D eigenvalue weighted by Gasteiger charge is -2.28. The quantitative estimate of drug-likeness (QED) is 0.827. The molecule has 0 saturated heterocycles. The van der Waals surface area contributed by atoms with Crippen LogP contribution >= 0.6 is 0 Å². The Morgan fingerprint density at radius 2 is 2.00 bits per heavy atom. The Labute approximate surface area is 162 Å². The average Bonchev–Trinajstić information content (AvgIpc) is 3.31. The number of aliphatic carboxylic acids is 1. The first-order valence-corrected chi connectivity index (χ1v) is 9.80. The van der Waals surface area contributed by atoms with Crippen molar-refractivity contribution in [2.45, 2.75) is 63.8 Å². The number of benzene rings is 1. The van der Waals surface area contributed by atoms with Gasteiger partial charge in [-0.1, -0.05) is 18.9 Å². The van der Waals surface area contributed by atoms with Crippen molar-refractivity contribution in [1.29, 1.82) is 0 Å². The Kier molecular flexibility index (Phi) is 4.69. The van der Waals surface area contributed by atoms with E-state index in [0.717, 1.165) is 48.9 Å². The highest BCUT2D eigenvalue weighted by molar-refractivity contribution is 5.95. The van der Waals surface area contributed by atoms with Gasteiger partial charge in [0, 0.05) is 11.3 Å². The van der Waals surface area contributed by atoms with Crippen molar-refractivity contribution in [1.82, 2.24) is 15.1 Å². The molecule has 28 heavy (non-hydrogen) atoms. The number of nitrogens with zero attached hydrogens (tertiary/aromatic N) is 2. The van der Waals surface area contributed by atoms with E-state index in [9.17, 15) is 19.1 Å². The topological polar surface area (TPSA) is 84.2 Å². The van der Waals surface area contributed by atoms with Gasteiger partial charge in [-0.25, -0.2) is 9.07 Å². The molecule has 1 amide bonds. The van der Waals surface area contributed by atoms with E-state index in [1.807, 2.05) is 13.0 Å². The van der Waals surface area contributed by atoms with Gasteiger partial charge in [-0.15, -0.1) is 0 Å². The number of halogens is 1. The highest BCUT2D eigenvalue weighted by Gasteiger charge is 2.39. The number of aryl methyl sites for hydroxylation is 1. The molecule has 0 unspecified atom stereocenters. The Balaban J connectivity index is 1.69. The maximum absolute atomic E-state index is 14.5. The zero-order valence-electron chi connectivity index (χ0n) is 15.9. The number of nitrogens with one attached hydrogen (secondary N) is 1. The number of carboxylic acid groups (broad SMARTS) is 1. The normalized spacial score (nSPS) is 17.5. The fourth-order valence-electron chi connectivity index (χ4n) is 4.59. The second-order valence-corrected chi connectivity index (χ2v) is 8.01. The first-order chi connectivity index (χ1) is 13.4. The summed E-state index contributed by atoms with van der Waals surface area (Å²) >= 11 is 0. The van der Waals surface area contributed by atoms with Gasteiger partial charge in [0.15, 0.2) is 5.69 Å². The zero-order chi connectivity index (χ0) is 19.9. The predicted octanol–water partition coefficient (Wildman–Crippen LogP) is 3.33. The van der Waals surface area contributed by atoms with E-state index in [1.54, 1.807) is 10.7 Å². The minimum Gasteiger partial charge on any atom is -0.481 e. The minimum absolute atomic E-state index is 0.0891. The third-order valence-corrected chi connectivity index (χ3v) is 5.91. The van der Waals surface area contributed by atoms with Crippen LogP contribution < -0.4 is 5.32 Å². The van der Waals surface area contributed by atoms with Gasteiger partial charge < -0.3 is 10.4 Å². The van der Waals surface area contributed by atoms with Crippen LogP contribution in [0.5, 0.6) is 0 Å². The molecule has 0 atom stereocenters. The van der Waals surface area contributed by atoms with Crippen molar-refractivity contribution in [2.75, 3.05) is 0 Å². The van der Waals surface area contributed by atoms with Crippen LogP contribution in [0, 0.1) is 12.7 Å². The van der Waals surface area contributed by atoms with Crippen molar-refractivity contribution in [3.05, 3.63) is 46.5 Å². The molecule has 0 aliphatic heterocycles. The fraction of sp³-hybridized carbons (Fsp3) is 0.476. The molecule has 0 spiro atoms. The third kappa shape index (κ3) is 3.30. The molecular weight excluding hydrogens is 361 g/mol. The van der Waals surface area contributed by atoms with Crippen LogP contribution in [0.2, 0.25) is 0 Å². The number of carbonyl (C=O) groups excluding carboxylic acids is 1. The highest BCUT2D eigenvalue weighted by atomic mass is 19.1. The number of carboxylic acids is 1. The van der Waals surface area contributed by atoms with Gasteiger partial charge >= 0.3 is 5.97 Å². The summed E-state index contributed by atoms with van der Waals surface area (Å²) in [6.07, 6.45) is 5.36. The Morgan fingerprint density at radius 1 is 1.25 bits per heavy atom. The van der Waals surface area contributed by atoms with E-state index in [-0.39, 0.29) is 18.1 Å². The largest absolute Gasteiger partial charge is 0.481 e. The number of rotatable bonds is 5. The van der Waals surface area contributed by atoms with Gasteiger partial charge in [0.2, 0.25) is 0 Å². The SMILES string of the molecule is Cc1ccc(-n2nc(C(=O)NC3(CC(=O)O)CCCC3)c3c2CCC3)c(F)c1. The fourth-order valence-corrected chi connectivity index (χ4v) is 4.59. The van der Waals surface area contributed by atoms with Crippen molar-refractivity contribution >= 4 is 11.9 Å². The minimum atomic E-state index is -0.917. The Bertz CT molecular complexity index is 945. The second kappa shape index (κ2) is 7.04. The summed E-state index contributed by atoms with van der Waals surface area (Å²) in [4.78, 5) is 24.4. The van der Waals surface area contributed by atoms with E-state index in [0.29, 0.717) is 24.2 Å². The van der Waals surface area contributed by atoms with E-state index in [2.05, 4.69) is 10.4 Å². The summed E-state index contributed by atoms with van der Waals surface area (Å²) < 4.78 is 16.1. The lowest BCUT2D eigenvalue weighted by Crippen LogP contribution is -2.48. The molecule has 2 aliphatic carbocycles. The first-order valence-electron chi connectivity index (χ1n) is 9.80. The van der Waals surface area contributed by atoms with Crippen LogP contribution in [0.25, 0.3) is 5.69 Å². The van der Waals surface area contributed by atoms with E-state index < -0.39 is 11.5 Å². The van der Waals surface area contributed by atoms with Crippen LogP contribution in [0.15, 0.2) is 18.2 Å². The molecule has 1 fully saturated rings. The lowest BCUT2D eigenvalue weighted by molar-refractivity contribution is -0.138. The van der Waals surface area contributed by atoms with Gasteiger partial charge in [0.05, 0.1) is 12.0 Å². The summed E-state index contributed by atoms with van der Waals surface area (Å²) in [6.45, 7) is 1.82. The maximum atomic E-state index is 14.5.